The van der Waals surface area contributed by atoms with Gasteiger partial charge >= 0.3 is 5.97 Å². The monoisotopic (exact) mass is 374 g/mol. The van der Waals surface area contributed by atoms with E-state index < -0.39 is 5.97 Å². The highest BCUT2D eigenvalue weighted by Crippen LogP contribution is 2.38. The van der Waals surface area contributed by atoms with E-state index >= 15 is 0 Å². The fourth-order valence-electron chi connectivity index (χ4n) is 3.24. The summed E-state index contributed by atoms with van der Waals surface area (Å²) in [6, 6.07) is 3.17. The van der Waals surface area contributed by atoms with E-state index in [9.17, 15) is 4.79 Å². The number of rotatable bonds is 8. The summed E-state index contributed by atoms with van der Waals surface area (Å²) in [6.07, 6.45) is 3.70. The van der Waals surface area contributed by atoms with Crippen LogP contribution in [0.15, 0.2) is 12.1 Å². The normalized spacial score (nSPS) is 14.8. The Hall–Kier alpha value is -2.40. The number of benzene rings is 1. The molecule has 0 spiro atoms. The van der Waals surface area contributed by atoms with Gasteiger partial charge in [-0.1, -0.05) is 6.32 Å². The zero-order valence-corrected chi connectivity index (χ0v) is 16.3. The maximum absolute atomic E-state index is 12.3. The number of nitrogens with zero attached hydrogens (tertiary/aromatic N) is 2. The highest BCUT2D eigenvalue weighted by atomic mass is 16.5. The molecule has 0 amide bonds. The maximum atomic E-state index is 12.3. The van der Waals surface area contributed by atoms with Crippen molar-refractivity contribution in [3.8, 4) is 23.2 Å². The van der Waals surface area contributed by atoms with E-state index in [1.165, 1.54) is 21.3 Å². The standard InChI is InChI=1S/C19H27BN2O5/c1-24-16-12-15(13-17(25-2)18(16)26-3)19(23)27-11-5-9-22-8-4-6-20(14-21)7-10-22/h12-13H,4-11H2,1-3H3. The molecular weight excluding hydrogens is 347 g/mol. The molecule has 0 aliphatic carbocycles. The fraction of sp³-hybridized carbons (Fsp3) is 0.579. The van der Waals surface area contributed by atoms with Crippen molar-refractivity contribution in [2.45, 2.75) is 25.5 Å². The van der Waals surface area contributed by atoms with E-state index in [-0.39, 0.29) is 6.71 Å². The summed E-state index contributed by atoms with van der Waals surface area (Å²) >= 11 is 0. The summed E-state index contributed by atoms with van der Waals surface area (Å²) in [6.45, 7) is 3.31. The van der Waals surface area contributed by atoms with Gasteiger partial charge in [0.1, 0.15) is 0 Å². The van der Waals surface area contributed by atoms with Crippen LogP contribution in [0.3, 0.4) is 0 Å². The summed E-state index contributed by atoms with van der Waals surface area (Å²) in [7, 11) is 4.52. The lowest BCUT2D eigenvalue weighted by Gasteiger charge is -2.19. The molecule has 0 saturated carbocycles. The quantitative estimate of drug-likeness (QED) is 0.393. The molecule has 1 aromatic rings. The minimum absolute atomic E-state index is 0.174. The average molecular weight is 374 g/mol. The number of hydrogen-bond donors (Lipinski definition) is 0. The number of hydrogen-bond acceptors (Lipinski definition) is 7. The van der Waals surface area contributed by atoms with Gasteiger partial charge in [0.2, 0.25) is 5.75 Å². The summed E-state index contributed by atoms with van der Waals surface area (Å²) in [5, 5.41) is 9.04. The van der Waals surface area contributed by atoms with Gasteiger partial charge in [-0.25, -0.2) is 10.1 Å². The average Bonchev–Trinajstić information content (AvgIpc) is 2.94. The predicted octanol–water partition coefficient (Wildman–Crippen LogP) is 2.52. The molecule has 2 rings (SSSR count). The lowest BCUT2D eigenvalue weighted by molar-refractivity contribution is 0.0488. The zero-order valence-electron chi connectivity index (χ0n) is 16.3. The summed E-state index contributed by atoms with van der Waals surface area (Å²) < 4.78 is 21.2. The molecule has 1 heterocycles. The highest BCUT2D eigenvalue weighted by Gasteiger charge is 2.20. The molecule has 0 N–H and O–H groups in total. The van der Waals surface area contributed by atoms with E-state index in [4.69, 9.17) is 24.2 Å². The van der Waals surface area contributed by atoms with E-state index in [2.05, 4.69) is 10.9 Å². The first kappa shape index (κ1) is 20.9. The molecule has 1 fully saturated rings. The van der Waals surface area contributed by atoms with Gasteiger partial charge in [0.05, 0.1) is 33.5 Å². The first-order chi connectivity index (χ1) is 13.1. The van der Waals surface area contributed by atoms with Crippen molar-refractivity contribution in [2.24, 2.45) is 0 Å². The molecule has 8 heteroatoms. The molecule has 1 aliphatic rings. The van der Waals surface area contributed by atoms with Crippen LogP contribution in [0.2, 0.25) is 12.6 Å². The second-order valence-corrected chi connectivity index (χ2v) is 6.50. The van der Waals surface area contributed by atoms with Crippen molar-refractivity contribution in [3.05, 3.63) is 17.7 Å². The van der Waals surface area contributed by atoms with Crippen LogP contribution < -0.4 is 14.2 Å². The topological polar surface area (TPSA) is 81.0 Å². The third-order valence-electron chi connectivity index (χ3n) is 4.76. The number of carbonyl (C=O) groups excluding carboxylic acids is 1. The Morgan fingerprint density at radius 3 is 2.44 bits per heavy atom. The molecule has 1 aliphatic heterocycles. The van der Waals surface area contributed by atoms with Crippen LogP contribution >= 0.6 is 0 Å². The smallest absolute Gasteiger partial charge is 0.338 e. The van der Waals surface area contributed by atoms with Gasteiger partial charge in [-0.2, -0.15) is 0 Å². The van der Waals surface area contributed by atoms with Crippen LogP contribution in [0.25, 0.3) is 0 Å². The molecule has 27 heavy (non-hydrogen) atoms. The van der Waals surface area contributed by atoms with Crippen molar-refractivity contribution in [1.29, 1.82) is 5.26 Å². The van der Waals surface area contributed by atoms with E-state index in [1.807, 2.05) is 0 Å². The number of esters is 1. The molecule has 7 nitrogen and oxygen atoms in total. The molecule has 0 atom stereocenters. The molecule has 0 bridgehead atoms. The Bertz CT molecular complexity index is 652. The highest BCUT2D eigenvalue weighted by molar-refractivity contribution is 6.66. The Morgan fingerprint density at radius 1 is 1.15 bits per heavy atom. The lowest BCUT2D eigenvalue weighted by atomic mass is 9.46. The van der Waals surface area contributed by atoms with Gasteiger partial charge in [-0.3, -0.25) is 0 Å². The van der Waals surface area contributed by atoms with Gasteiger partial charge < -0.3 is 23.8 Å². The summed E-state index contributed by atoms with van der Waals surface area (Å²) in [5.74, 6) is 3.22. The molecule has 1 saturated heterocycles. The van der Waals surface area contributed by atoms with Gasteiger partial charge in [-0.15, -0.1) is 0 Å². The van der Waals surface area contributed by atoms with E-state index in [1.54, 1.807) is 12.1 Å². The van der Waals surface area contributed by atoms with Crippen LogP contribution in [0.1, 0.15) is 23.2 Å². The second-order valence-electron chi connectivity index (χ2n) is 6.50. The Labute approximate surface area is 161 Å². The lowest BCUT2D eigenvalue weighted by Crippen LogP contribution is -2.27. The number of ether oxygens (including phenoxy) is 4. The van der Waals surface area contributed by atoms with Gasteiger partial charge in [0.15, 0.2) is 11.5 Å². The summed E-state index contributed by atoms with van der Waals surface area (Å²) in [5.41, 5.74) is 0.358. The molecule has 0 radical (unpaired) electrons. The molecule has 1 aromatic carbocycles. The van der Waals surface area contributed by atoms with Crippen molar-refractivity contribution in [1.82, 2.24) is 4.90 Å². The van der Waals surface area contributed by atoms with E-state index in [0.717, 1.165) is 45.1 Å². The van der Waals surface area contributed by atoms with Crippen molar-refractivity contribution in [3.63, 3.8) is 0 Å². The minimum Gasteiger partial charge on any atom is -0.493 e. The summed E-state index contributed by atoms with van der Waals surface area (Å²) in [4.78, 5) is 14.7. The second kappa shape index (κ2) is 10.7. The predicted molar refractivity (Wildman–Crippen MR) is 103 cm³/mol. The molecular formula is C19H27BN2O5. The number of carbonyl (C=O) groups is 1. The van der Waals surface area contributed by atoms with Crippen LogP contribution in [-0.4, -0.2) is 65.2 Å². The van der Waals surface area contributed by atoms with Crippen LogP contribution in [0, 0.1) is 11.2 Å². The SMILES string of the molecule is COc1cc(C(=O)OCCCN2CCCB(C#N)CC2)cc(OC)c1OC. The first-order valence-electron chi connectivity index (χ1n) is 9.22. The Balaban J connectivity index is 1.84. The number of nitriles is 1. The third-order valence-corrected chi connectivity index (χ3v) is 4.76. The van der Waals surface area contributed by atoms with Crippen LogP contribution in [-0.2, 0) is 4.74 Å². The van der Waals surface area contributed by atoms with Crippen LogP contribution in [0.4, 0.5) is 0 Å². The molecule has 0 aromatic heterocycles. The molecule has 0 unspecified atom stereocenters. The van der Waals surface area contributed by atoms with Gasteiger partial charge in [0.25, 0.3) is 6.71 Å². The van der Waals surface area contributed by atoms with Crippen molar-refractivity contribution >= 4 is 12.7 Å². The first-order valence-corrected chi connectivity index (χ1v) is 9.22. The molecule has 146 valence electrons. The Kier molecular flexibility index (Phi) is 8.27. The van der Waals surface area contributed by atoms with Gasteiger partial charge in [-0.05, 0) is 44.4 Å². The Morgan fingerprint density at radius 2 is 1.85 bits per heavy atom. The van der Waals surface area contributed by atoms with Crippen molar-refractivity contribution < 1.29 is 23.7 Å². The maximum Gasteiger partial charge on any atom is 0.338 e. The zero-order chi connectivity index (χ0) is 19.6. The van der Waals surface area contributed by atoms with Gasteiger partial charge in [0, 0.05) is 12.5 Å². The van der Waals surface area contributed by atoms with Crippen LogP contribution in [0.5, 0.6) is 17.2 Å². The third kappa shape index (κ3) is 5.79. The number of methoxy groups -OCH3 is 3. The van der Waals surface area contributed by atoms with E-state index in [0.29, 0.717) is 29.4 Å². The fourth-order valence-corrected chi connectivity index (χ4v) is 3.24. The van der Waals surface area contributed by atoms with Crippen molar-refractivity contribution in [2.75, 3.05) is 47.6 Å². The minimum atomic E-state index is -0.422. The largest absolute Gasteiger partial charge is 0.493 e.